The van der Waals surface area contributed by atoms with Crippen LogP contribution in [0.1, 0.15) is 65.7 Å². The van der Waals surface area contributed by atoms with E-state index in [0.717, 1.165) is 19.7 Å². The van der Waals surface area contributed by atoms with Gasteiger partial charge in [-0.15, -0.1) is 0 Å². The molecule has 0 radical (unpaired) electrons. The van der Waals surface area contributed by atoms with Gasteiger partial charge in [0.2, 0.25) is 0 Å². The van der Waals surface area contributed by atoms with E-state index in [2.05, 4.69) is 26.1 Å². The first-order valence-electron chi connectivity index (χ1n) is 7.13. The number of ether oxygens (including phenoxy) is 1. The molecule has 0 aromatic heterocycles. The summed E-state index contributed by atoms with van der Waals surface area (Å²) in [6.07, 6.45) is 9.28. The van der Waals surface area contributed by atoms with E-state index in [0.29, 0.717) is 6.10 Å². The summed E-state index contributed by atoms with van der Waals surface area (Å²) in [6, 6.07) is 0. The van der Waals surface area contributed by atoms with E-state index < -0.39 is 0 Å². The second-order valence-corrected chi connectivity index (χ2v) is 4.63. The summed E-state index contributed by atoms with van der Waals surface area (Å²) in [5.41, 5.74) is 0. The van der Waals surface area contributed by atoms with Crippen molar-refractivity contribution < 1.29 is 4.74 Å². The predicted octanol–water partition coefficient (Wildman–Crippen LogP) is 3.75. The van der Waals surface area contributed by atoms with Crippen molar-refractivity contribution in [3.8, 4) is 0 Å². The van der Waals surface area contributed by atoms with Gasteiger partial charge in [-0.2, -0.15) is 0 Å². The van der Waals surface area contributed by atoms with Crippen molar-refractivity contribution in [1.82, 2.24) is 5.32 Å². The molecule has 0 aliphatic rings. The van der Waals surface area contributed by atoms with E-state index in [1.807, 2.05) is 0 Å². The molecule has 0 saturated carbocycles. The number of nitrogens with one attached hydrogen (secondary N) is 1. The van der Waals surface area contributed by atoms with Crippen molar-refractivity contribution >= 4 is 0 Å². The Hall–Kier alpha value is -0.0800. The lowest BCUT2D eigenvalue weighted by Crippen LogP contribution is -2.18. The molecule has 0 rings (SSSR count). The Morgan fingerprint density at radius 1 is 0.938 bits per heavy atom. The fourth-order valence-electron chi connectivity index (χ4n) is 1.71. The zero-order valence-corrected chi connectivity index (χ0v) is 11.6. The van der Waals surface area contributed by atoms with Gasteiger partial charge in [0.15, 0.2) is 0 Å². The molecule has 0 aliphatic carbocycles. The van der Waals surface area contributed by atoms with E-state index >= 15 is 0 Å². The van der Waals surface area contributed by atoms with Crippen LogP contribution >= 0.6 is 0 Å². The first-order valence-corrected chi connectivity index (χ1v) is 7.13. The average Bonchev–Trinajstić information content (AvgIpc) is 2.28. The summed E-state index contributed by atoms with van der Waals surface area (Å²) in [7, 11) is 0. The molecule has 0 aliphatic heterocycles. The molecule has 0 spiro atoms. The first kappa shape index (κ1) is 15.9. The molecule has 0 fully saturated rings. The normalized spacial score (nSPS) is 12.9. The lowest BCUT2D eigenvalue weighted by atomic mass is 10.2. The van der Waals surface area contributed by atoms with Gasteiger partial charge in [-0.1, -0.05) is 33.1 Å². The highest BCUT2D eigenvalue weighted by Gasteiger charge is 2.01. The van der Waals surface area contributed by atoms with Crippen LogP contribution in [-0.4, -0.2) is 25.8 Å². The highest BCUT2D eigenvalue weighted by atomic mass is 16.5. The molecule has 0 aromatic rings. The van der Waals surface area contributed by atoms with Crippen LogP contribution in [-0.2, 0) is 4.74 Å². The standard InChI is InChI=1S/C14H31NO/c1-4-6-7-8-13-16-14(3)10-9-12-15-11-5-2/h14-15H,4-13H2,1-3H3. The molecule has 0 aromatic carbocycles. The summed E-state index contributed by atoms with van der Waals surface area (Å²) in [5, 5.41) is 3.42. The van der Waals surface area contributed by atoms with Gasteiger partial charge in [0.1, 0.15) is 0 Å². The van der Waals surface area contributed by atoms with Crippen LogP contribution in [0.5, 0.6) is 0 Å². The van der Waals surface area contributed by atoms with Crippen LogP contribution in [0, 0.1) is 0 Å². The van der Waals surface area contributed by atoms with Gasteiger partial charge < -0.3 is 10.1 Å². The molecule has 0 saturated heterocycles. The molecule has 0 heterocycles. The Bertz CT molecular complexity index is 114. The van der Waals surface area contributed by atoms with Gasteiger partial charge in [-0.3, -0.25) is 0 Å². The molecule has 0 amide bonds. The minimum absolute atomic E-state index is 0.435. The molecule has 1 N–H and O–H groups in total. The first-order chi connectivity index (χ1) is 7.81. The fraction of sp³-hybridized carbons (Fsp3) is 1.00. The summed E-state index contributed by atoms with van der Waals surface area (Å²) in [5.74, 6) is 0. The van der Waals surface area contributed by atoms with Crippen molar-refractivity contribution in [3.63, 3.8) is 0 Å². The molecule has 2 heteroatoms. The number of unbranched alkanes of at least 4 members (excludes halogenated alkanes) is 3. The molecule has 1 atom stereocenters. The highest BCUT2D eigenvalue weighted by Crippen LogP contribution is 2.04. The van der Waals surface area contributed by atoms with Gasteiger partial charge >= 0.3 is 0 Å². The van der Waals surface area contributed by atoms with Gasteiger partial charge in [-0.05, 0) is 45.7 Å². The van der Waals surface area contributed by atoms with Crippen LogP contribution < -0.4 is 5.32 Å². The molecule has 16 heavy (non-hydrogen) atoms. The van der Waals surface area contributed by atoms with Gasteiger partial charge in [0.25, 0.3) is 0 Å². The van der Waals surface area contributed by atoms with Gasteiger partial charge in [0, 0.05) is 6.61 Å². The number of hydrogen-bond donors (Lipinski definition) is 1. The number of hydrogen-bond acceptors (Lipinski definition) is 2. The maximum Gasteiger partial charge on any atom is 0.0547 e. The highest BCUT2D eigenvalue weighted by molar-refractivity contribution is 4.54. The lowest BCUT2D eigenvalue weighted by Gasteiger charge is -2.13. The van der Waals surface area contributed by atoms with Crippen LogP contribution in [0.3, 0.4) is 0 Å². The lowest BCUT2D eigenvalue weighted by molar-refractivity contribution is 0.0563. The topological polar surface area (TPSA) is 21.3 Å². The minimum atomic E-state index is 0.435. The van der Waals surface area contributed by atoms with Crippen molar-refractivity contribution in [2.45, 2.75) is 71.8 Å². The quantitative estimate of drug-likeness (QED) is 0.515. The SMILES string of the molecule is CCCCCCOC(C)CCCNCCC. The van der Waals surface area contributed by atoms with Crippen LogP contribution in [0.4, 0.5) is 0 Å². The third-order valence-electron chi connectivity index (χ3n) is 2.79. The predicted molar refractivity (Wildman–Crippen MR) is 72.0 cm³/mol. The number of rotatable bonds is 12. The zero-order valence-electron chi connectivity index (χ0n) is 11.6. The summed E-state index contributed by atoms with van der Waals surface area (Å²) in [6.45, 7) is 9.87. The van der Waals surface area contributed by atoms with Crippen LogP contribution in [0.25, 0.3) is 0 Å². The second-order valence-electron chi connectivity index (χ2n) is 4.63. The van der Waals surface area contributed by atoms with E-state index in [1.165, 1.54) is 44.9 Å². The fourth-order valence-corrected chi connectivity index (χ4v) is 1.71. The van der Waals surface area contributed by atoms with Crippen molar-refractivity contribution in [1.29, 1.82) is 0 Å². The Labute approximate surface area is 102 Å². The van der Waals surface area contributed by atoms with Gasteiger partial charge in [0.05, 0.1) is 6.10 Å². The Balaban J connectivity index is 3.09. The maximum absolute atomic E-state index is 5.77. The molecular weight excluding hydrogens is 198 g/mol. The van der Waals surface area contributed by atoms with E-state index in [9.17, 15) is 0 Å². The van der Waals surface area contributed by atoms with E-state index in [1.54, 1.807) is 0 Å². The smallest absolute Gasteiger partial charge is 0.0547 e. The Kier molecular flexibility index (Phi) is 12.9. The molecule has 98 valence electrons. The third kappa shape index (κ3) is 12.0. The monoisotopic (exact) mass is 229 g/mol. The second kappa shape index (κ2) is 13.0. The van der Waals surface area contributed by atoms with E-state index in [-0.39, 0.29) is 0 Å². The summed E-state index contributed by atoms with van der Waals surface area (Å²) < 4.78 is 5.77. The molecular formula is C14H31NO. The Morgan fingerprint density at radius 3 is 2.44 bits per heavy atom. The largest absolute Gasteiger partial charge is 0.379 e. The maximum atomic E-state index is 5.77. The summed E-state index contributed by atoms with van der Waals surface area (Å²) >= 11 is 0. The van der Waals surface area contributed by atoms with Gasteiger partial charge in [-0.25, -0.2) is 0 Å². The molecule has 2 nitrogen and oxygen atoms in total. The van der Waals surface area contributed by atoms with Crippen molar-refractivity contribution in [2.24, 2.45) is 0 Å². The van der Waals surface area contributed by atoms with Crippen molar-refractivity contribution in [2.75, 3.05) is 19.7 Å². The minimum Gasteiger partial charge on any atom is -0.379 e. The zero-order chi connectivity index (χ0) is 12.1. The average molecular weight is 229 g/mol. The molecule has 1 unspecified atom stereocenters. The third-order valence-corrected chi connectivity index (χ3v) is 2.79. The van der Waals surface area contributed by atoms with Crippen LogP contribution in [0.15, 0.2) is 0 Å². The molecule has 0 bridgehead atoms. The van der Waals surface area contributed by atoms with Crippen LogP contribution in [0.2, 0.25) is 0 Å². The van der Waals surface area contributed by atoms with Crippen molar-refractivity contribution in [3.05, 3.63) is 0 Å². The summed E-state index contributed by atoms with van der Waals surface area (Å²) in [4.78, 5) is 0. The Morgan fingerprint density at radius 2 is 1.75 bits per heavy atom. The van der Waals surface area contributed by atoms with E-state index in [4.69, 9.17) is 4.74 Å².